The minimum absolute atomic E-state index is 0.0335. The standard InChI is InChI=1S/C24H34N4O3/c1-26(2)24(29)19-9-7-12-22(31-4)23(19)25-13-8-14-27-15-17-28(18-16-27)20-10-5-6-11-21(20)30-3/h5-7,9-12,25H,8,13-18H2,1-4H3. The van der Waals surface area contributed by atoms with Crippen molar-refractivity contribution in [2.45, 2.75) is 6.42 Å². The number of hydrogen-bond acceptors (Lipinski definition) is 6. The first-order valence-electron chi connectivity index (χ1n) is 10.8. The van der Waals surface area contributed by atoms with Crippen LogP contribution in [0.15, 0.2) is 42.5 Å². The van der Waals surface area contributed by atoms with Gasteiger partial charge in [-0.05, 0) is 37.2 Å². The normalized spacial score (nSPS) is 14.3. The summed E-state index contributed by atoms with van der Waals surface area (Å²) in [4.78, 5) is 19.0. The fraction of sp³-hybridized carbons (Fsp3) is 0.458. The summed E-state index contributed by atoms with van der Waals surface area (Å²) in [6.45, 7) is 5.82. The van der Waals surface area contributed by atoms with Crippen LogP contribution in [0.5, 0.6) is 11.5 Å². The molecule has 0 saturated carbocycles. The van der Waals surface area contributed by atoms with Crippen molar-refractivity contribution in [2.24, 2.45) is 0 Å². The summed E-state index contributed by atoms with van der Waals surface area (Å²) in [5.74, 6) is 1.59. The molecule has 1 aliphatic heterocycles. The lowest BCUT2D eigenvalue weighted by atomic mass is 10.1. The van der Waals surface area contributed by atoms with Crippen LogP contribution < -0.4 is 19.7 Å². The van der Waals surface area contributed by atoms with Gasteiger partial charge in [0.15, 0.2) is 0 Å². The van der Waals surface area contributed by atoms with Gasteiger partial charge in [-0.2, -0.15) is 0 Å². The van der Waals surface area contributed by atoms with E-state index in [1.54, 1.807) is 33.2 Å². The Labute approximate surface area is 185 Å². The second-order valence-corrected chi connectivity index (χ2v) is 7.86. The van der Waals surface area contributed by atoms with Crippen molar-refractivity contribution in [1.82, 2.24) is 9.80 Å². The zero-order chi connectivity index (χ0) is 22.2. The van der Waals surface area contributed by atoms with E-state index < -0.39 is 0 Å². The molecule has 0 spiro atoms. The summed E-state index contributed by atoms with van der Waals surface area (Å²) in [6, 6.07) is 13.8. The SMILES string of the molecule is COc1ccccc1N1CCN(CCCNc2c(OC)cccc2C(=O)N(C)C)CC1. The third-order valence-corrected chi connectivity index (χ3v) is 5.63. The lowest BCUT2D eigenvalue weighted by Gasteiger charge is -2.36. The number of para-hydroxylation sites is 3. The molecule has 2 aromatic carbocycles. The zero-order valence-corrected chi connectivity index (χ0v) is 19.1. The average Bonchev–Trinajstić information content (AvgIpc) is 2.81. The fourth-order valence-corrected chi connectivity index (χ4v) is 3.92. The second-order valence-electron chi connectivity index (χ2n) is 7.86. The van der Waals surface area contributed by atoms with Crippen LogP contribution in [0.3, 0.4) is 0 Å². The monoisotopic (exact) mass is 426 g/mol. The van der Waals surface area contributed by atoms with Crippen LogP contribution in [0.25, 0.3) is 0 Å². The first kappa shape index (κ1) is 22.7. The quantitative estimate of drug-likeness (QED) is 0.622. The molecule has 31 heavy (non-hydrogen) atoms. The van der Waals surface area contributed by atoms with Crippen LogP contribution in [-0.4, -0.2) is 83.3 Å². The maximum Gasteiger partial charge on any atom is 0.255 e. The van der Waals surface area contributed by atoms with E-state index in [1.807, 2.05) is 30.3 Å². The molecule has 1 fully saturated rings. The van der Waals surface area contributed by atoms with E-state index in [-0.39, 0.29) is 5.91 Å². The molecule has 7 nitrogen and oxygen atoms in total. The third kappa shape index (κ3) is 5.61. The Hall–Kier alpha value is -2.93. The minimum atomic E-state index is -0.0335. The highest BCUT2D eigenvalue weighted by molar-refractivity contribution is 6.00. The average molecular weight is 427 g/mol. The molecule has 0 aromatic heterocycles. The number of nitrogens with one attached hydrogen (secondary N) is 1. The summed E-state index contributed by atoms with van der Waals surface area (Å²) >= 11 is 0. The number of carbonyl (C=O) groups excluding carboxylic acids is 1. The maximum atomic E-state index is 12.5. The predicted molar refractivity (Wildman–Crippen MR) is 126 cm³/mol. The molecular formula is C24H34N4O3. The van der Waals surface area contributed by atoms with E-state index in [9.17, 15) is 4.79 Å². The smallest absolute Gasteiger partial charge is 0.255 e. The maximum absolute atomic E-state index is 12.5. The lowest BCUT2D eigenvalue weighted by Crippen LogP contribution is -2.47. The van der Waals surface area contributed by atoms with Crippen molar-refractivity contribution in [3.8, 4) is 11.5 Å². The first-order chi connectivity index (χ1) is 15.0. The van der Waals surface area contributed by atoms with Crippen molar-refractivity contribution in [3.05, 3.63) is 48.0 Å². The molecule has 0 aliphatic carbocycles. The molecule has 1 N–H and O–H groups in total. The Balaban J connectivity index is 1.50. The molecule has 7 heteroatoms. The highest BCUT2D eigenvalue weighted by Crippen LogP contribution is 2.30. The third-order valence-electron chi connectivity index (χ3n) is 5.63. The Kier molecular flexibility index (Phi) is 8.00. The second kappa shape index (κ2) is 10.9. The number of ether oxygens (including phenoxy) is 2. The Morgan fingerprint density at radius 2 is 1.65 bits per heavy atom. The number of methoxy groups -OCH3 is 2. The molecule has 1 saturated heterocycles. The summed E-state index contributed by atoms with van der Waals surface area (Å²) in [5.41, 5.74) is 2.57. The topological polar surface area (TPSA) is 57.3 Å². The van der Waals surface area contributed by atoms with Crippen LogP contribution in [0.2, 0.25) is 0 Å². The lowest BCUT2D eigenvalue weighted by molar-refractivity contribution is 0.0828. The highest BCUT2D eigenvalue weighted by Gasteiger charge is 2.20. The molecule has 0 radical (unpaired) electrons. The summed E-state index contributed by atoms with van der Waals surface area (Å²) in [5, 5.41) is 3.43. The number of piperazine rings is 1. The van der Waals surface area contributed by atoms with Gasteiger partial charge in [-0.15, -0.1) is 0 Å². The van der Waals surface area contributed by atoms with Gasteiger partial charge in [-0.25, -0.2) is 0 Å². The Morgan fingerprint density at radius 1 is 0.968 bits per heavy atom. The van der Waals surface area contributed by atoms with Crippen LogP contribution in [0, 0.1) is 0 Å². The van der Waals surface area contributed by atoms with E-state index >= 15 is 0 Å². The van der Waals surface area contributed by atoms with Gasteiger partial charge >= 0.3 is 0 Å². The number of amides is 1. The summed E-state index contributed by atoms with van der Waals surface area (Å²) in [7, 11) is 6.87. The minimum Gasteiger partial charge on any atom is -0.495 e. The van der Waals surface area contributed by atoms with Gasteiger partial charge in [0, 0.05) is 46.8 Å². The molecule has 168 valence electrons. The summed E-state index contributed by atoms with van der Waals surface area (Å²) < 4.78 is 11.0. The first-order valence-corrected chi connectivity index (χ1v) is 10.8. The summed E-state index contributed by atoms with van der Waals surface area (Å²) in [6.07, 6.45) is 0.988. The molecule has 1 aliphatic rings. The predicted octanol–water partition coefficient (Wildman–Crippen LogP) is 3.03. The van der Waals surface area contributed by atoms with Gasteiger partial charge in [0.2, 0.25) is 0 Å². The number of benzene rings is 2. The van der Waals surface area contributed by atoms with Gasteiger partial charge in [0.1, 0.15) is 11.5 Å². The molecule has 1 heterocycles. The van der Waals surface area contributed by atoms with Gasteiger partial charge in [0.05, 0.1) is 31.2 Å². The van der Waals surface area contributed by atoms with Crippen LogP contribution in [0.4, 0.5) is 11.4 Å². The van der Waals surface area contributed by atoms with Gasteiger partial charge < -0.3 is 24.6 Å². The van der Waals surface area contributed by atoms with Gasteiger partial charge in [-0.3, -0.25) is 9.69 Å². The Morgan fingerprint density at radius 3 is 2.32 bits per heavy atom. The van der Waals surface area contributed by atoms with Crippen molar-refractivity contribution in [3.63, 3.8) is 0 Å². The number of hydrogen-bond donors (Lipinski definition) is 1. The van der Waals surface area contributed by atoms with Crippen LogP contribution in [-0.2, 0) is 0 Å². The zero-order valence-electron chi connectivity index (χ0n) is 19.1. The highest BCUT2D eigenvalue weighted by atomic mass is 16.5. The van der Waals surface area contributed by atoms with Crippen LogP contribution in [0.1, 0.15) is 16.8 Å². The van der Waals surface area contributed by atoms with E-state index in [4.69, 9.17) is 9.47 Å². The molecule has 1 amide bonds. The molecule has 2 aromatic rings. The molecular weight excluding hydrogens is 392 g/mol. The van der Waals surface area contributed by atoms with Crippen molar-refractivity contribution < 1.29 is 14.3 Å². The van der Waals surface area contributed by atoms with Crippen molar-refractivity contribution in [2.75, 3.05) is 77.8 Å². The molecule has 0 atom stereocenters. The molecule has 0 unspecified atom stereocenters. The Bertz CT molecular complexity index is 864. The van der Waals surface area contributed by atoms with E-state index in [0.29, 0.717) is 11.3 Å². The van der Waals surface area contributed by atoms with Crippen LogP contribution >= 0.6 is 0 Å². The van der Waals surface area contributed by atoms with Gasteiger partial charge in [0.25, 0.3) is 5.91 Å². The van der Waals surface area contributed by atoms with Crippen molar-refractivity contribution >= 4 is 17.3 Å². The molecule has 3 rings (SSSR count). The number of carbonyl (C=O) groups is 1. The van der Waals surface area contributed by atoms with Gasteiger partial charge in [-0.1, -0.05) is 18.2 Å². The number of rotatable bonds is 9. The number of anilines is 2. The van der Waals surface area contributed by atoms with E-state index in [1.165, 1.54) is 5.69 Å². The van der Waals surface area contributed by atoms with E-state index in [0.717, 1.165) is 57.1 Å². The number of nitrogens with zero attached hydrogens (tertiary/aromatic N) is 3. The largest absolute Gasteiger partial charge is 0.495 e. The van der Waals surface area contributed by atoms with Crippen molar-refractivity contribution in [1.29, 1.82) is 0 Å². The van der Waals surface area contributed by atoms with E-state index in [2.05, 4.69) is 27.2 Å². The molecule has 0 bridgehead atoms. The fourth-order valence-electron chi connectivity index (χ4n) is 3.92.